The van der Waals surface area contributed by atoms with Crippen molar-refractivity contribution in [3.63, 3.8) is 0 Å². The maximum absolute atomic E-state index is 12.5. The van der Waals surface area contributed by atoms with E-state index in [0.29, 0.717) is 22.9 Å². The van der Waals surface area contributed by atoms with E-state index in [2.05, 4.69) is 0 Å². The van der Waals surface area contributed by atoms with Crippen molar-refractivity contribution in [1.29, 1.82) is 0 Å². The number of rotatable bonds is 5. The molecular weight excluding hydrogens is 320 g/mol. The lowest BCUT2D eigenvalue weighted by Crippen LogP contribution is -2.49. The Morgan fingerprint density at radius 2 is 1.52 bits per heavy atom. The van der Waals surface area contributed by atoms with Crippen molar-refractivity contribution in [2.75, 3.05) is 33.3 Å². The number of hydrogen-bond donors (Lipinski definition) is 1. The Morgan fingerprint density at radius 1 is 1.09 bits per heavy atom. The van der Waals surface area contributed by atoms with Crippen molar-refractivity contribution < 1.29 is 19.0 Å². The van der Waals surface area contributed by atoms with E-state index in [9.17, 15) is 4.79 Å². The summed E-state index contributed by atoms with van der Waals surface area (Å²) in [7, 11) is 6.27. The predicted molar refractivity (Wildman–Crippen MR) is 94.2 cm³/mol. The number of nitrogens with zero attached hydrogens (tertiary/aromatic N) is 1. The smallest absolute Gasteiger partial charge is 0.244 e. The number of benzene rings is 1. The number of methoxy groups -OCH3 is 3. The number of likely N-dealkylation sites (N-methyl/N-ethyl adjacent to an activating group) is 1. The first kappa shape index (κ1) is 21.3. The molecule has 6 nitrogen and oxygen atoms in total. The van der Waals surface area contributed by atoms with Gasteiger partial charge in [-0.3, -0.25) is 4.79 Å². The third-order valence-electron chi connectivity index (χ3n) is 3.57. The van der Waals surface area contributed by atoms with E-state index in [1.54, 1.807) is 19.2 Å². The van der Waals surface area contributed by atoms with Crippen LogP contribution < -0.4 is 24.8 Å². The highest BCUT2D eigenvalue weighted by Crippen LogP contribution is 2.41. The molecule has 0 spiro atoms. The van der Waals surface area contributed by atoms with E-state index in [1.807, 2.05) is 20.8 Å². The van der Waals surface area contributed by atoms with Crippen molar-refractivity contribution >= 4 is 24.0 Å². The van der Waals surface area contributed by atoms with Gasteiger partial charge in [0.2, 0.25) is 11.7 Å². The topological polar surface area (TPSA) is 74.0 Å². The summed E-state index contributed by atoms with van der Waals surface area (Å²) in [6.07, 6.45) is 0. The van der Waals surface area contributed by atoms with Gasteiger partial charge in [-0.25, -0.2) is 0 Å². The second kappa shape index (κ2) is 8.26. The minimum absolute atomic E-state index is 0. The Hall–Kier alpha value is -1.66. The van der Waals surface area contributed by atoms with Crippen LogP contribution in [-0.2, 0) is 4.79 Å². The lowest BCUT2D eigenvalue weighted by molar-refractivity contribution is -0.121. The second-order valence-corrected chi connectivity index (χ2v) is 6.12. The number of amides is 1. The van der Waals surface area contributed by atoms with Gasteiger partial charge in [-0.15, -0.1) is 12.4 Å². The van der Waals surface area contributed by atoms with Gasteiger partial charge in [0.15, 0.2) is 11.5 Å². The highest BCUT2D eigenvalue weighted by atomic mass is 35.5. The molecule has 0 bridgehead atoms. The summed E-state index contributed by atoms with van der Waals surface area (Å²) in [6.45, 7) is 5.79. The zero-order chi connectivity index (χ0) is 17.1. The summed E-state index contributed by atoms with van der Waals surface area (Å²) in [6, 6.07) is 2.82. The van der Waals surface area contributed by atoms with E-state index < -0.39 is 6.04 Å². The molecule has 0 aliphatic heterocycles. The standard InChI is InChI=1S/C16H26N2O4.ClH/c1-16(2,3)14(17)15(19)18(4)10-8-11(20-5)13(22-7)12(9-10)21-6;/h8-9,14H,17H2,1-7H3;1H/t14-;/m1./s1. The summed E-state index contributed by atoms with van der Waals surface area (Å²) >= 11 is 0. The molecule has 0 fully saturated rings. The van der Waals surface area contributed by atoms with E-state index in [0.717, 1.165) is 0 Å². The molecular formula is C16H27ClN2O4. The Balaban J connectivity index is 0.00000484. The van der Waals surface area contributed by atoms with Crippen LogP contribution in [0.5, 0.6) is 17.2 Å². The first-order valence-electron chi connectivity index (χ1n) is 7.00. The summed E-state index contributed by atoms with van der Waals surface area (Å²) in [5.74, 6) is 1.28. The largest absolute Gasteiger partial charge is 0.493 e. The van der Waals surface area contributed by atoms with Gasteiger partial charge >= 0.3 is 0 Å². The van der Waals surface area contributed by atoms with Crippen LogP contribution in [0, 0.1) is 5.41 Å². The minimum atomic E-state index is -0.614. The molecule has 0 radical (unpaired) electrons. The molecule has 1 rings (SSSR count). The van der Waals surface area contributed by atoms with Crippen molar-refractivity contribution in [1.82, 2.24) is 0 Å². The summed E-state index contributed by atoms with van der Waals surface area (Å²) in [4.78, 5) is 14.0. The van der Waals surface area contributed by atoms with Crippen LogP contribution in [0.4, 0.5) is 5.69 Å². The molecule has 0 aliphatic carbocycles. The fourth-order valence-electron chi connectivity index (χ4n) is 1.97. The minimum Gasteiger partial charge on any atom is -0.493 e. The Morgan fingerprint density at radius 3 is 1.83 bits per heavy atom. The molecule has 0 aromatic heterocycles. The van der Waals surface area contributed by atoms with Gasteiger partial charge in [0, 0.05) is 19.2 Å². The van der Waals surface area contributed by atoms with E-state index >= 15 is 0 Å². The fourth-order valence-corrected chi connectivity index (χ4v) is 1.97. The molecule has 7 heteroatoms. The van der Waals surface area contributed by atoms with E-state index in [-0.39, 0.29) is 23.7 Å². The van der Waals surface area contributed by atoms with Crippen molar-refractivity contribution in [2.24, 2.45) is 11.1 Å². The van der Waals surface area contributed by atoms with Gasteiger partial charge < -0.3 is 24.8 Å². The van der Waals surface area contributed by atoms with Crippen LogP contribution >= 0.6 is 12.4 Å². The highest BCUT2D eigenvalue weighted by Gasteiger charge is 2.31. The zero-order valence-corrected chi connectivity index (χ0v) is 15.6. The molecule has 1 amide bonds. The maximum atomic E-state index is 12.5. The number of carbonyl (C=O) groups excluding carboxylic acids is 1. The second-order valence-electron chi connectivity index (χ2n) is 6.12. The number of anilines is 1. The number of halogens is 1. The molecule has 132 valence electrons. The highest BCUT2D eigenvalue weighted by molar-refractivity contribution is 5.97. The van der Waals surface area contributed by atoms with Gasteiger partial charge in [0.25, 0.3) is 0 Å². The van der Waals surface area contributed by atoms with Crippen molar-refractivity contribution in [2.45, 2.75) is 26.8 Å². The fraction of sp³-hybridized carbons (Fsp3) is 0.562. The molecule has 0 heterocycles. The third kappa shape index (κ3) is 4.65. The Bertz CT molecular complexity index is 518. The quantitative estimate of drug-likeness (QED) is 0.886. The molecule has 23 heavy (non-hydrogen) atoms. The molecule has 0 unspecified atom stereocenters. The summed E-state index contributed by atoms with van der Waals surface area (Å²) < 4.78 is 15.9. The van der Waals surface area contributed by atoms with Crippen LogP contribution in [0.3, 0.4) is 0 Å². The first-order valence-corrected chi connectivity index (χ1v) is 7.00. The van der Waals surface area contributed by atoms with Gasteiger partial charge in [-0.1, -0.05) is 20.8 Å². The van der Waals surface area contributed by atoms with Gasteiger partial charge in [0.05, 0.1) is 33.1 Å². The van der Waals surface area contributed by atoms with Crippen LogP contribution in [0.2, 0.25) is 0 Å². The average Bonchev–Trinajstić information content (AvgIpc) is 2.49. The molecule has 1 aromatic rings. The number of carbonyl (C=O) groups is 1. The average molecular weight is 347 g/mol. The van der Waals surface area contributed by atoms with Crippen molar-refractivity contribution in [3.8, 4) is 17.2 Å². The summed E-state index contributed by atoms with van der Waals surface area (Å²) in [5.41, 5.74) is 6.35. The lowest BCUT2D eigenvalue weighted by Gasteiger charge is -2.30. The third-order valence-corrected chi connectivity index (χ3v) is 3.57. The SMILES string of the molecule is COc1cc(N(C)C(=O)[C@@H](N)C(C)(C)C)cc(OC)c1OC.Cl. The molecule has 1 atom stereocenters. The predicted octanol–water partition coefficient (Wildman–Crippen LogP) is 2.47. The van der Waals surface area contributed by atoms with Gasteiger partial charge in [0.1, 0.15) is 0 Å². The molecule has 2 N–H and O–H groups in total. The molecule has 0 aliphatic rings. The monoisotopic (exact) mass is 346 g/mol. The first-order chi connectivity index (χ1) is 10.2. The zero-order valence-electron chi connectivity index (χ0n) is 14.8. The Labute approximate surface area is 144 Å². The van der Waals surface area contributed by atoms with Crippen molar-refractivity contribution in [3.05, 3.63) is 12.1 Å². The van der Waals surface area contributed by atoms with Crippen LogP contribution in [0.25, 0.3) is 0 Å². The number of nitrogens with two attached hydrogens (primary N) is 1. The molecule has 0 saturated carbocycles. The van der Waals surface area contributed by atoms with Gasteiger partial charge in [-0.2, -0.15) is 0 Å². The Kier molecular flexibility index (Phi) is 7.67. The van der Waals surface area contributed by atoms with Crippen LogP contribution in [0.15, 0.2) is 12.1 Å². The number of ether oxygens (including phenoxy) is 3. The number of hydrogen-bond acceptors (Lipinski definition) is 5. The van der Waals surface area contributed by atoms with E-state index in [1.165, 1.54) is 26.2 Å². The summed E-state index contributed by atoms with van der Waals surface area (Å²) in [5, 5.41) is 0. The molecule has 0 saturated heterocycles. The van der Waals surface area contributed by atoms with Crippen LogP contribution in [-0.4, -0.2) is 40.3 Å². The maximum Gasteiger partial charge on any atom is 0.244 e. The van der Waals surface area contributed by atoms with Crippen LogP contribution in [0.1, 0.15) is 20.8 Å². The molecule has 1 aromatic carbocycles. The van der Waals surface area contributed by atoms with E-state index in [4.69, 9.17) is 19.9 Å². The lowest BCUT2D eigenvalue weighted by atomic mass is 9.86. The normalized spacial score (nSPS) is 12.0. The van der Waals surface area contributed by atoms with Gasteiger partial charge in [-0.05, 0) is 5.41 Å².